The van der Waals surface area contributed by atoms with Gasteiger partial charge in [-0.2, -0.15) is 0 Å². The first-order chi connectivity index (χ1) is 7.11. The van der Waals surface area contributed by atoms with Crippen molar-refractivity contribution in [1.29, 1.82) is 0 Å². The van der Waals surface area contributed by atoms with Gasteiger partial charge in [0.1, 0.15) is 0 Å². The minimum absolute atomic E-state index is 0.0102. The van der Waals surface area contributed by atoms with Crippen LogP contribution in [0.3, 0.4) is 0 Å². The molecule has 0 saturated heterocycles. The molecule has 15 heavy (non-hydrogen) atoms. The van der Waals surface area contributed by atoms with E-state index in [-0.39, 0.29) is 5.91 Å². The number of nitrogens with zero attached hydrogens (tertiary/aromatic N) is 2. The van der Waals surface area contributed by atoms with E-state index in [4.69, 9.17) is 0 Å². The molecule has 0 aliphatic carbocycles. The van der Waals surface area contributed by atoms with Crippen molar-refractivity contribution >= 4 is 11.9 Å². The fourth-order valence-electron chi connectivity index (χ4n) is 1.28. The lowest BCUT2D eigenvalue weighted by molar-refractivity contribution is -0.118. The van der Waals surface area contributed by atoms with Crippen LogP contribution in [0.25, 0.3) is 0 Å². The number of amides is 1. The highest BCUT2D eigenvalue weighted by Crippen LogP contribution is 2.11. The minimum atomic E-state index is -0.0102. The highest BCUT2D eigenvalue weighted by molar-refractivity contribution is 5.72. The molecule has 0 aromatic carbocycles. The first kappa shape index (κ1) is 11.6. The topological polar surface area (TPSA) is 59.0 Å². The summed E-state index contributed by atoms with van der Waals surface area (Å²) >= 11 is 0. The van der Waals surface area contributed by atoms with E-state index in [0.717, 1.165) is 5.95 Å². The Balaban J connectivity index is 2.37. The van der Waals surface area contributed by atoms with Gasteiger partial charge in [-0.15, -0.1) is 0 Å². The van der Waals surface area contributed by atoms with Crippen molar-refractivity contribution in [1.82, 2.24) is 14.9 Å². The van der Waals surface area contributed by atoms with Crippen LogP contribution in [0.1, 0.15) is 26.8 Å². The van der Waals surface area contributed by atoms with Crippen LogP contribution in [-0.4, -0.2) is 28.5 Å². The normalized spacial score (nSPS) is 10.4. The Bertz CT molecular complexity index is 319. The lowest BCUT2D eigenvalue weighted by Gasteiger charge is -2.12. The van der Waals surface area contributed by atoms with Crippen molar-refractivity contribution in [2.75, 3.05) is 18.4 Å². The zero-order valence-corrected chi connectivity index (χ0v) is 9.45. The van der Waals surface area contributed by atoms with Crippen LogP contribution in [0.2, 0.25) is 0 Å². The number of anilines is 1. The maximum absolute atomic E-state index is 10.6. The zero-order chi connectivity index (χ0) is 11.3. The number of nitrogens with one attached hydrogen (secondary N) is 2. The van der Waals surface area contributed by atoms with Crippen molar-refractivity contribution in [3.8, 4) is 0 Å². The molecule has 1 aromatic rings. The molecule has 0 fully saturated rings. The third kappa shape index (κ3) is 3.61. The second-order valence-electron chi connectivity index (χ2n) is 3.66. The van der Waals surface area contributed by atoms with Crippen LogP contribution < -0.4 is 10.6 Å². The Morgan fingerprint density at radius 2 is 2.27 bits per heavy atom. The minimum Gasteiger partial charge on any atom is -0.355 e. The average molecular weight is 210 g/mol. The Hall–Kier alpha value is -1.52. The summed E-state index contributed by atoms with van der Waals surface area (Å²) in [4.78, 5) is 14.8. The molecule has 2 N–H and O–H groups in total. The first-order valence-electron chi connectivity index (χ1n) is 5.12. The van der Waals surface area contributed by atoms with E-state index in [1.807, 2.05) is 10.8 Å². The summed E-state index contributed by atoms with van der Waals surface area (Å²) in [6, 6.07) is 0.385. The summed E-state index contributed by atoms with van der Waals surface area (Å²) in [6.45, 7) is 7.00. The molecule has 0 aliphatic heterocycles. The predicted molar refractivity (Wildman–Crippen MR) is 59.8 cm³/mol. The number of carbonyl (C=O) groups is 1. The molecule has 0 unspecified atom stereocenters. The van der Waals surface area contributed by atoms with Gasteiger partial charge in [0.15, 0.2) is 0 Å². The van der Waals surface area contributed by atoms with Gasteiger partial charge in [0.05, 0.1) is 0 Å². The second kappa shape index (κ2) is 5.38. The zero-order valence-electron chi connectivity index (χ0n) is 9.45. The molecule has 0 saturated carbocycles. The quantitative estimate of drug-likeness (QED) is 0.713. The summed E-state index contributed by atoms with van der Waals surface area (Å²) in [5, 5.41) is 5.89. The van der Waals surface area contributed by atoms with E-state index in [1.54, 1.807) is 6.20 Å². The largest absolute Gasteiger partial charge is 0.355 e. The van der Waals surface area contributed by atoms with Crippen molar-refractivity contribution in [3.63, 3.8) is 0 Å². The lowest BCUT2D eigenvalue weighted by atomic mass is 10.4. The molecule has 1 amide bonds. The van der Waals surface area contributed by atoms with Gasteiger partial charge in [0.25, 0.3) is 0 Å². The molecule has 1 rings (SSSR count). The van der Waals surface area contributed by atoms with Gasteiger partial charge in [0.2, 0.25) is 11.9 Å². The van der Waals surface area contributed by atoms with Crippen LogP contribution in [-0.2, 0) is 4.79 Å². The molecule has 0 spiro atoms. The van der Waals surface area contributed by atoms with Crippen LogP contribution in [0.5, 0.6) is 0 Å². The number of aromatic nitrogens is 2. The molecule has 5 nitrogen and oxygen atoms in total. The summed E-state index contributed by atoms with van der Waals surface area (Å²) in [5.74, 6) is 0.833. The monoisotopic (exact) mass is 210 g/mol. The van der Waals surface area contributed by atoms with Gasteiger partial charge in [-0.3, -0.25) is 4.79 Å². The third-order valence-corrected chi connectivity index (χ3v) is 2.01. The summed E-state index contributed by atoms with van der Waals surface area (Å²) in [6.07, 6.45) is 3.70. The van der Waals surface area contributed by atoms with Crippen molar-refractivity contribution in [2.45, 2.75) is 26.8 Å². The summed E-state index contributed by atoms with van der Waals surface area (Å²) in [5.41, 5.74) is 0. The van der Waals surface area contributed by atoms with E-state index < -0.39 is 0 Å². The molecule has 0 atom stereocenters. The predicted octanol–water partition coefficient (Wildman–Crippen LogP) is 1.01. The third-order valence-electron chi connectivity index (χ3n) is 2.01. The molecule has 1 aromatic heterocycles. The van der Waals surface area contributed by atoms with Gasteiger partial charge in [-0.1, -0.05) is 0 Å². The Morgan fingerprint density at radius 3 is 2.87 bits per heavy atom. The van der Waals surface area contributed by atoms with E-state index in [0.29, 0.717) is 19.1 Å². The second-order valence-corrected chi connectivity index (χ2v) is 3.66. The number of imidazole rings is 1. The van der Waals surface area contributed by atoms with E-state index in [1.165, 1.54) is 6.92 Å². The fourth-order valence-corrected chi connectivity index (χ4v) is 1.28. The van der Waals surface area contributed by atoms with E-state index in [9.17, 15) is 4.79 Å². The molecule has 0 bridgehead atoms. The van der Waals surface area contributed by atoms with Crippen LogP contribution in [0, 0.1) is 0 Å². The number of hydrogen-bond acceptors (Lipinski definition) is 3. The fraction of sp³-hybridized carbons (Fsp3) is 0.600. The van der Waals surface area contributed by atoms with Crippen molar-refractivity contribution in [2.24, 2.45) is 0 Å². The standard InChI is InChI=1S/C10H18N4O/c1-8(2)14-7-6-13-10(14)12-5-4-11-9(3)15/h6-8H,4-5H2,1-3H3,(H,11,15)(H,12,13). The van der Waals surface area contributed by atoms with Crippen LogP contribution >= 0.6 is 0 Å². The molecule has 5 heteroatoms. The number of carbonyl (C=O) groups excluding carboxylic acids is 1. The highest BCUT2D eigenvalue weighted by atomic mass is 16.1. The lowest BCUT2D eigenvalue weighted by Crippen LogP contribution is -2.27. The molecule has 0 radical (unpaired) electrons. The maximum Gasteiger partial charge on any atom is 0.216 e. The van der Waals surface area contributed by atoms with E-state index in [2.05, 4.69) is 29.5 Å². The molecule has 1 heterocycles. The average Bonchev–Trinajstić information content (AvgIpc) is 2.60. The first-order valence-corrected chi connectivity index (χ1v) is 5.12. The summed E-state index contributed by atoms with van der Waals surface area (Å²) < 4.78 is 2.05. The van der Waals surface area contributed by atoms with Gasteiger partial charge >= 0.3 is 0 Å². The van der Waals surface area contributed by atoms with Crippen molar-refractivity contribution < 1.29 is 4.79 Å². The molecular formula is C10H18N4O. The van der Waals surface area contributed by atoms with Crippen molar-refractivity contribution in [3.05, 3.63) is 12.4 Å². The van der Waals surface area contributed by atoms with Gasteiger partial charge in [-0.25, -0.2) is 4.98 Å². The van der Waals surface area contributed by atoms with Gasteiger partial charge in [-0.05, 0) is 13.8 Å². The van der Waals surface area contributed by atoms with Gasteiger partial charge < -0.3 is 15.2 Å². The van der Waals surface area contributed by atoms with E-state index >= 15 is 0 Å². The SMILES string of the molecule is CC(=O)NCCNc1nccn1C(C)C. The van der Waals surface area contributed by atoms with Gasteiger partial charge in [0, 0.05) is 38.4 Å². The molecule has 0 aliphatic rings. The smallest absolute Gasteiger partial charge is 0.216 e. The van der Waals surface area contributed by atoms with Crippen LogP contribution in [0.4, 0.5) is 5.95 Å². The summed E-state index contributed by atoms with van der Waals surface area (Å²) in [7, 11) is 0. The molecule has 84 valence electrons. The highest BCUT2D eigenvalue weighted by Gasteiger charge is 2.04. The van der Waals surface area contributed by atoms with Crippen LogP contribution in [0.15, 0.2) is 12.4 Å². The Labute approximate surface area is 89.9 Å². The number of hydrogen-bond donors (Lipinski definition) is 2. The molecular weight excluding hydrogens is 192 g/mol. The maximum atomic E-state index is 10.6. The Kier molecular flexibility index (Phi) is 4.15. The Morgan fingerprint density at radius 1 is 1.53 bits per heavy atom. The number of rotatable bonds is 5.